The second-order valence-corrected chi connectivity index (χ2v) is 10.9. The Bertz CT molecular complexity index is 1630. The second kappa shape index (κ2) is 10.4. The van der Waals surface area contributed by atoms with Crippen molar-refractivity contribution in [1.82, 2.24) is 14.8 Å². The summed E-state index contributed by atoms with van der Waals surface area (Å²) < 4.78 is 49.5. The lowest BCUT2D eigenvalue weighted by molar-refractivity contribution is -0.137. The predicted molar refractivity (Wildman–Crippen MR) is 149 cm³/mol. The molecule has 2 aromatic heterocycles. The Hall–Kier alpha value is -4.12. The molecule has 0 spiro atoms. The molecule has 4 aromatic rings. The fraction of sp³-hybridized carbons (Fsp3) is 0.367. The number of hydrogen-bond acceptors (Lipinski definition) is 7. The molecule has 2 unspecified atom stereocenters. The monoisotopic (exact) mass is 565 g/mol. The molecular formula is C30H30F3N5O3. The number of aliphatic hydroxyl groups excluding tert-OH is 1. The van der Waals surface area contributed by atoms with Crippen LogP contribution in [-0.4, -0.2) is 51.7 Å². The largest absolute Gasteiger partial charge is 0.444 e. The van der Waals surface area contributed by atoms with Gasteiger partial charge in [-0.25, -0.2) is 4.98 Å². The Morgan fingerprint density at radius 1 is 1.02 bits per heavy atom. The van der Waals surface area contributed by atoms with Crippen molar-refractivity contribution in [2.75, 3.05) is 29.4 Å². The molecule has 2 saturated heterocycles. The molecule has 214 valence electrons. The molecule has 41 heavy (non-hydrogen) atoms. The van der Waals surface area contributed by atoms with Gasteiger partial charge < -0.3 is 19.3 Å². The fourth-order valence-electron chi connectivity index (χ4n) is 5.82. The van der Waals surface area contributed by atoms with Crippen LogP contribution in [0.3, 0.4) is 0 Å². The van der Waals surface area contributed by atoms with Gasteiger partial charge in [0.25, 0.3) is 5.56 Å². The molecule has 2 atom stereocenters. The highest BCUT2D eigenvalue weighted by molar-refractivity contribution is 5.72. The number of β-amino-alcohol motifs (C(OH)–C–C–N with tert-alkyl or cyclic N) is 1. The van der Waals surface area contributed by atoms with Crippen LogP contribution in [-0.2, 0) is 6.18 Å². The summed E-state index contributed by atoms with van der Waals surface area (Å²) in [5, 5.41) is 14.6. The van der Waals surface area contributed by atoms with Gasteiger partial charge in [-0.1, -0.05) is 0 Å². The molecule has 4 heterocycles. The van der Waals surface area contributed by atoms with Crippen LogP contribution in [0.5, 0.6) is 0 Å². The van der Waals surface area contributed by atoms with E-state index in [2.05, 4.69) is 10.1 Å². The highest BCUT2D eigenvalue weighted by Gasteiger charge is 2.36. The van der Waals surface area contributed by atoms with Gasteiger partial charge in [-0.2, -0.15) is 23.0 Å². The first-order valence-electron chi connectivity index (χ1n) is 13.6. The first kappa shape index (κ1) is 27.1. The van der Waals surface area contributed by atoms with Crippen LogP contribution in [0.25, 0.3) is 28.3 Å². The molecule has 0 bridgehead atoms. The van der Waals surface area contributed by atoms with E-state index in [0.717, 1.165) is 34.7 Å². The van der Waals surface area contributed by atoms with Gasteiger partial charge in [-0.05, 0) is 81.1 Å². The molecule has 1 N–H and O–H groups in total. The Kier molecular flexibility index (Phi) is 6.85. The van der Waals surface area contributed by atoms with Crippen LogP contribution >= 0.6 is 0 Å². The van der Waals surface area contributed by atoms with E-state index in [-0.39, 0.29) is 11.7 Å². The number of aromatic nitrogens is 3. The summed E-state index contributed by atoms with van der Waals surface area (Å²) in [7, 11) is 0. The maximum absolute atomic E-state index is 14.4. The number of nitrogens with zero attached hydrogens (tertiary/aromatic N) is 5. The molecule has 2 aliphatic rings. The number of alkyl halides is 3. The van der Waals surface area contributed by atoms with Crippen molar-refractivity contribution in [3.63, 3.8) is 0 Å². The Labute approximate surface area is 234 Å². The number of anilines is 2. The van der Waals surface area contributed by atoms with Gasteiger partial charge >= 0.3 is 6.18 Å². The minimum Gasteiger partial charge on any atom is -0.444 e. The van der Waals surface area contributed by atoms with Gasteiger partial charge in [0.2, 0.25) is 0 Å². The maximum Gasteiger partial charge on any atom is 0.418 e. The summed E-state index contributed by atoms with van der Waals surface area (Å²) in [4.78, 5) is 21.7. The predicted octanol–water partition coefficient (Wildman–Crippen LogP) is 5.44. The minimum atomic E-state index is -4.72. The minimum absolute atomic E-state index is 0.0492. The van der Waals surface area contributed by atoms with Crippen LogP contribution in [0.15, 0.2) is 64.3 Å². The maximum atomic E-state index is 14.4. The van der Waals surface area contributed by atoms with E-state index in [1.54, 1.807) is 12.3 Å². The normalized spacial score (nSPS) is 19.4. The smallest absolute Gasteiger partial charge is 0.418 e. The van der Waals surface area contributed by atoms with Gasteiger partial charge in [-0.15, -0.1) is 0 Å². The average molecular weight is 566 g/mol. The lowest BCUT2D eigenvalue weighted by atomic mass is 10.0. The lowest BCUT2D eigenvalue weighted by Crippen LogP contribution is -2.35. The number of aliphatic hydroxyl groups is 1. The number of rotatable bonds is 5. The first-order chi connectivity index (χ1) is 19.6. The molecule has 8 nitrogen and oxygen atoms in total. The van der Waals surface area contributed by atoms with Crippen LogP contribution in [0.1, 0.15) is 37.3 Å². The molecule has 2 aliphatic heterocycles. The molecule has 6 rings (SSSR count). The van der Waals surface area contributed by atoms with Gasteiger partial charge in [-0.3, -0.25) is 4.79 Å². The number of benzene rings is 2. The van der Waals surface area contributed by atoms with E-state index in [1.807, 2.05) is 41.8 Å². The third-order valence-corrected chi connectivity index (χ3v) is 7.89. The summed E-state index contributed by atoms with van der Waals surface area (Å²) in [5.74, 6) is 0.538. The number of hydrogen-bond donors (Lipinski definition) is 1. The van der Waals surface area contributed by atoms with Crippen LogP contribution in [0.4, 0.5) is 24.5 Å². The van der Waals surface area contributed by atoms with Crippen LogP contribution < -0.4 is 15.4 Å². The van der Waals surface area contributed by atoms with Gasteiger partial charge in [0, 0.05) is 42.5 Å². The number of aryl methyl sites for hydroxylation is 1. The topological polar surface area (TPSA) is 87.6 Å². The van der Waals surface area contributed by atoms with Crippen molar-refractivity contribution >= 4 is 11.4 Å². The Morgan fingerprint density at radius 3 is 2.49 bits per heavy atom. The van der Waals surface area contributed by atoms with E-state index in [0.29, 0.717) is 54.4 Å². The lowest BCUT2D eigenvalue weighted by Gasteiger charge is -2.25. The summed E-state index contributed by atoms with van der Waals surface area (Å²) in [5.41, 5.74) is 1.48. The molecule has 0 radical (unpaired) electrons. The van der Waals surface area contributed by atoms with E-state index in [1.165, 1.54) is 18.5 Å². The van der Waals surface area contributed by atoms with Crippen molar-refractivity contribution in [2.45, 2.75) is 51.4 Å². The van der Waals surface area contributed by atoms with Crippen LogP contribution in [0.2, 0.25) is 0 Å². The van der Waals surface area contributed by atoms with E-state index in [4.69, 9.17) is 4.42 Å². The first-order valence-corrected chi connectivity index (χ1v) is 13.6. The SMILES string of the molecule is Cc1cc(-c2cc(N3CCCC3C)c(=O)n(-c3cc(N4CCC(O)C4)ccc3C(F)(F)F)n2)cc(-c2cnco2)c1. The van der Waals surface area contributed by atoms with Crippen molar-refractivity contribution < 1.29 is 22.7 Å². The summed E-state index contributed by atoms with van der Waals surface area (Å²) >= 11 is 0. The van der Waals surface area contributed by atoms with Crippen molar-refractivity contribution in [3.05, 3.63) is 76.5 Å². The standard InChI is InChI=1S/C30H30F3N5O3/c1-18-10-20(12-21(11-18)28-15-34-17-41-28)25-14-27(37-8-3-4-19(37)2)29(40)38(35-25)26-13-22(36-9-7-23(39)16-36)5-6-24(26)30(31,32)33/h5-6,10-15,17,19,23,39H,3-4,7-9,16H2,1-2H3. The molecule has 0 amide bonds. The second-order valence-electron chi connectivity index (χ2n) is 10.9. The van der Waals surface area contributed by atoms with Crippen LogP contribution in [0, 0.1) is 6.92 Å². The Balaban J connectivity index is 1.58. The quantitative estimate of drug-likeness (QED) is 0.345. The zero-order chi connectivity index (χ0) is 28.9. The fourth-order valence-corrected chi connectivity index (χ4v) is 5.82. The van der Waals surface area contributed by atoms with Gasteiger partial charge in [0.15, 0.2) is 12.2 Å². The van der Waals surface area contributed by atoms with Gasteiger partial charge in [0.1, 0.15) is 5.69 Å². The zero-order valence-corrected chi connectivity index (χ0v) is 22.7. The molecule has 0 aliphatic carbocycles. The highest BCUT2D eigenvalue weighted by Crippen LogP contribution is 2.37. The number of oxazole rings is 1. The van der Waals surface area contributed by atoms with Crippen molar-refractivity contribution in [3.8, 4) is 28.3 Å². The van der Waals surface area contributed by atoms with Crippen molar-refractivity contribution in [2.24, 2.45) is 0 Å². The number of halogens is 3. The van der Waals surface area contributed by atoms with Crippen molar-refractivity contribution in [1.29, 1.82) is 0 Å². The van der Waals surface area contributed by atoms with Gasteiger partial charge in [0.05, 0.1) is 29.2 Å². The average Bonchev–Trinajstić information content (AvgIpc) is 3.70. The molecule has 0 saturated carbocycles. The highest BCUT2D eigenvalue weighted by atomic mass is 19.4. The third-order valence-electron chi connectivity index (χ3n) is 7.89. The Morgan fingerprint density at radius 2 is 1.83 bits per heavy atom. The summed E-state index contributed by atoms with van der Waals surface area (Å²) in [6.07, 6.45) is -0.111. The van der Waals surface area contributed by atoms with E-state index >= 15 is 0 Å². The summed E-state index contributed by atoms with van der Waals surface area (Å²) in [6, 6.07) is 11.1. The summed E-state index contributed by atoms with van der Waals surface area (Å²) in [6.45, 7) is 5.33. The molecule has 2 fully saturated rings. The van der Waals surface area contributed by atoms with E-state index in [9.17, 15) is 23.1 Å². The van der Waals surface area contributed by atoms with E-state index < -0.39 is 23.4 Å². The molecule has 11 heteroatoms. The third kappa shape index (κ3) is 5.21. The molecule has 2 aromatic carbocycles. The zero-order valence-electron chi connectivity index (χ0n) is 22.7. The molecular weight excluding hydrogens is 535 g/mol.